The predicted octanol–water partition coefficient (Wildman–Crippen LogP) is 2.35. The Morgan fingerprint density at radius 2 is 1.94 bits per heavy atom. The van der Waals surface area contributed by atoms with E-state index in [1.807, 2.05) is 6.07 Å². The first-order valence-corrected chi connectivity index (χ1v) is 5.68. The number of rotatable bonds is 3. The van der Waals surface area contributed by atoms with E-state index in [0.29, 0.717) is 6.79 Å². The summed E-state index contributed by atoms with van der Waals surface area (Å²) in [5.41, 5.74) is 1.46. The van der Waals surface area contributed by atoms with E-state index in [1.165, 1.54) is 5.56 Å². The average molecular weight is 221 g/mol. The summed E-state index contributed by atoms with van der Waals surface area (Å²) in [6.07, 6.45) is 1.01. The zero-order chi connectivity index (χ0) is 11.6. The molecule has 0 unspecified atom stereocenters. The molecule has 88 valence electrons. The molecule has 0 amide bonds. The minimum atomic E-state index is 0.177. The summed E-state index contributed by atoms with van der Waals surface area (Å²) in [6, 6.07) is 6.14. The molecule has 0 aromatic heterocycles. The Morgan fingerprint density at radius 1 is 1.19 bits per heavy atom. The molecule has 1 aliphatic heterocycles. The van der Waals surface area contributed by atoms with Crippen molar-refractivity contribution in [2.75, 3.05) is 13.3 Å². The van der Waals surface area contributed by atoms with Crippen LogP contribution in [-0.4, -0.2) is 18.9 Å². The highest BCUT2D eigenvalue weighted by Gasteiger charge is 2.13. The summed E-state index contributed by atoms with van der Waals surface area (Å²) in [4.78, 5) is 0. The van der Waals surface area contributed by atoms with Gasteiger partial charge in [0.05, 0.1) is 0 Å². The Hall–Kier alpha value is -1.22. The van der Waals surface area contributed by atoms with Crippen LogP contribution in [-0.2, 0) is 6.42 Å². The molecule has 1 aromatic rings. The van der Waals surface area contributed by atoms with Gasteiger partial charge in [0.15, 0.2) is 11.5 Å². The van der Waals surface area contributed by atoms with Crippen LogP contribution in [0.4, 0.5) is 0 Å². The van der Waals surface area contributed by atoms with E-state index in [0.717, 1.165) is 24.5 Å². The van der Waals surface area contributed by atoms with Crippen molar-refractivity contribution in [3.8, 4) is 11.5 Å². The van der Waals surface area contributed by atoms with Gasteiger partial charge in [-0.25, -0.2) is 0 Å². The van der Waals surface area contributed by atoms with Crippen LogP contribution in [0.3, 0.4) is 0 Å². The van der Waals surface area contributed by atoms with Gasteiger partial charge in [0, 0.05) is 5.54 Å². The summed E-state index contributed by atoms with van der Waals surface area (Å²) in [7, 11) is 0. The van der Waals surface area contributed by atoms with Gasteiger partial charge >= 0.3 is 0 Å². The summed E-state index contributed by atoms with van der Waals surface area (Å²) in [5, 5.41) is 3.47. The molecule has 16 heavy (non-hydrogen) atoms. The molecule has 0 saturated carbocycles. The molecule has 0 bridgehead atoms. The maximum absolute atomic E-state index is 5.34. The molecule has 3 heteroatoms. The molecular formula is C13H19NO2. The largest absolute Gasteiger partial charge is 0.454 e. The molecule has 0 radical (unpaired) electrons. The van der Waals surface area contributed by atoms with Crippen LogP contribution in [0, 0.1) is 0 Å². The second-order valence-corrected chi connectivity index (χ2v) is 5.11. The van der Waals surface area contributed by atoms with Gasteiger partial charge < -0.3 is 14.8 Å². The average Bonchev–Trinajstić information content (AvgIpc) is 2.62. The van der Waals surface area contributed by atoms with Crippen molar-refractivity contribution in [2.45, 2.75) is 32.7 Å². The maximum atomic E-state index is 5.34. The molecule has 0 fully saturated rings. The van der Waals surface area contributed by atoms with Gasteiger partial charge in [-0.2, -0.15) is 0 Å². The van der Waals surface area contributed by atoms with Gasteiger partial charge in [0.2, 0.25) is 6.79 Å². The van der Waals surface area contributed by atoms with E-state index in [4.69, 9.17) is 9.47 Å². The highest BCUT2D eigenvalue weighted by molar-refractivity contribution is 5.44. The van der Waals surface area contributed by atoms with Crippen molar-refractivity contribution in [1.82, 2.24) is 5.32 Å². The number of hydrogen-bond donors (Lipinski definition) is 1. The highest BCUT2D eigenvalue weighted by Crippen LogP contribution is 2.32. The summed E-state index contributed by atoms with van der Waals surface area (Å²) in [6.45, 7) is 7.84. The molecule has 2 rings (SSSR count). The SMILES string of the molecule is CC(C)(C)NCCc1ccc2c(c1)OCO2. The smallest absolute Gasteiger partial charge is 0.231 e. The fraction of sp³-hybridized carbons (Fsp3) is 0.538. The Kier molecular flexibility index (Phi) is 3.06. The Bertz CT molecular complexity index is 369. The van der Waals surface area contributed by atoms with E-state index in [1.54, 1.807) is 0 Å². The molecule has 0 spiro atoms. The Labute approximate surface area is 96.8 Å². The molecule has 1 aromatic carbocycles. The molecule has 0 aliphatic carbocycles. The monoisotopic (exact) mass is 221 g/mol. The summed E-state index contributed by atoms with van der Waals surface area (Å²) >= 11 is 0. The van der Waals surface area contributed by atoms with Crippen molar-refractivity contribution in [3.63, 3.8) is 0 Å². The Morgan fingerprint density at radius 3 is 2.69 bits per heavy atom. The fourth-order valence-corrected chi connectivity index (χ4v) is 1.68. The van der Waals surface area contributed by atoms with Crippen molar-refractivity contribution < 1.29 is 9.47 Å². The third-order valence-electron chi connectivity index (χ3n) is 2.51. The quantitative estimate of drug-likeness (QED) is 0.850. The molecule has 0 atom stereocenters. The van der Waals surface area contributed by atoms with Crippen LogP contribution in [0.5, 0.6) is 11.5 Å². The van der Waals surface area contributed by atoms with E-state index in [-0.39, 0.29) is 5.54 Å². The van der Waals surface area contributed by atoms with Gasteiger partial charge in [0.25, 0.3) is 0 Å². The lowest BCUT2D eigenvalue weighted by Crippen LogP contribution is -2.37. The zero-order valence-electron chi connectivity index (χ0n) is 10.2. The molecule has 0 saturated heterocycles. The van der Waals surface area contributed by atoms with Crippen LogP contribution in [0.15, 0.2) is 18.2 Å². The predicted molar refractivity (Wildman–Crippen MR) is 64.0 cm³/mol. The topological polar surface area (TPSA) is 30.5 Å². The standard InChI is InChI=1S/C13H19NO2/c1-13(2,3)14-7-6-10-4-5-11-12(8-10)16-9-15-11/h4-5,8,14H,6-7,9H2,1-3H3. The number of hydrogen-bond acceptors (Lipinski definition) is 3. The second kappa shape index (κ2) is 4.34. The summed E-state index contributed by atoms with van der Waals surface area (Å²) < 4.78 is 10.6. The van der Waals surface area contributed by atoms with Crippen LogP contribution in [0.2, 0.25) is 0 Å². The van der Waals surface area contributed by atoms with Gasteiger partial charge in [-0.15, -0.1) is 0 Å². The lowest BCUT2D eigenvalue weighted by Gasteiger charge is -2.20. The van der Waals surface area contributed by atoms with Gasteiger partial charge in [-0.1, -0.05) is 6.07 Å². The van der Waals surface area contributed by atoms with Crippen LogP contribution in [0.25, 0.3) is 0 Å². The second-order valence-electron chi connectivity index (χ2n) is 5.11. The minimum Gasteiger partial charge on any atom is -0.454 e. The molecule has 1 heterocycles. The molecule has 1 aliphatic rings. The fourth-order valence-electron chi connectivity index (χ4n) is 1.68. The molecule has 3 nitrogen and oxygen atoms in total. The third-order valence-corrected chi connectivity index (χ3v) is 2.51. The third kappa shape index (κ3) is 2.89. The lowest BCUT2D eigenvalue weighted by molar-refractivity contribution is 0.174. The van der Waals surface area contributed by atoms with Crippen LogP contribution in [0.1, 0.15) is 26.3 Å². The zero-order valence-corrected chi connectivity index (χ0v) is 10.2. The van der Waals surface area contributed by atoms with Gasteiger partial charge in [-0.05, 0) is 51.4 Å². The van der Waals surface area contributed by atoms with Crippen LogP contribution < -0.4 is 14.8 Å². The molecule has 1 N–H and O–H groups in total. The first-order chi connectivity index (χ1) is 7.54. The first-order valence-electron chi connectivity index (χ1n) is 5.68. The van der Waals surface area contributed by atoms with Crippen molar-refractivity contribution in [3.05, 3.63) is 23.8 Å². The van der Waals surface area contributed by atoms with E-state index < -0.39 is 0 Å². The number of benzene rings is 1. The summed E-state index contributed by atoms with van der Waals surface area (Å²) in [5.74, 6) is 1.72. The maximum Gasteiger partial charge on any atom is 0.231 e. The first kappa shape index (κ1) is 11.3. The van der Waals surface area contributed by atoms with E-state index in [2.05, 4.69) is 38.2 Å². The number of ether oxygens (including phenoxy) is 2. The van der Waals surface area contributed by atoms with Gasteiger partial charge in [-0.3, -0.25) is 0 Å². The Balaban J connectivity index is 1.91. The van der Waals surface area contributed by atoms with Crippen molar-refractivity contribution in [1.29, 1.82) is 0 Å². The normalized spacial score (nSPS) is 14.2. The lowest BCUT2D eigenvalue weighted by atomic mass is 10.1. The number of fused-ring (bicyclic) bond motifs is 1. The highest BCUT2D eigenvalue weighted by atomic mass is 16.7. The van der Waals surface area contributed by atoms with Crippen LogP contribution >= 0.6 is 0 Å². The van der Waals surface area contributed by atoms with Gasteiger partial charge in [0.1, 0.15) is 0 Å². The number of nitrogens with one attached hydrogen (secondary N) is 1. The van der Waals surface area contributed by atoms with E-state index >= 15 is 0 Å². The van der Waals surface area contributed by atoms with E-state index in [9.17, 15) is 0 Å². The van der Waals surface area contributed by atoms with Crippen molar-refractivity contribution in [2.24, 2.45) is 0 Å². The molecular weight excluding hydrogens is 202 g/mol. The minimum absolute atomic E-state index is 0.177. The van der Waals surface area contributed by atoms with Crippen molar-refractivity contribution >= 4 is 0 Å².